The van der Waals surface area contributed by atoms with Gasteiger partial charge in [-0.2, -0.15) is 0 Å². The van der Waals surface area contributed by atoms with E-state index >= 15 is 0 Å². The lowest BCUT2D eigenvalue weighted by Gasteiger charge is -2.44. The van der Waals surface area contributed by atoms with Gasteiger partial charge in [-0.1, -0.05) is 6.07 Å². The monoisotopic (exact) mass is 293 g/mol. The molecular formula is C17H28FN3. The first-order valence-electron chi connectivity index (χ1n) is 7.78. The smallest absolute Gasteiger partial charge is 0.123 e. The van der Waals surface area contributed by atoms with Crippen molar-refractivity contribution in [3.8, 4) is 0 Å². The largest absolute Gasteiger partial charge is 0.329 e. The van der Waals surface area contributed by atoms with E-state index in [1.54, 1.807) is 6.07 Å². The highest BCUT2D eigenvalue weighted by Gasteiger charge is 2.29. The number of hydrogen-bond acceptors (Lipinski definition) is 3. The van der Waals surface area contributed by atoms with Crippen molar-refractivity contribution in [1.29, 1.82) is 0 Å². The third kappa shape index (κ3) is 3.82. The molecule has 2 N–H and O–H groups in total. The third-order valence-corrected chi connectivity index (χ3v) is 4.53. The summed E-state index contributed by atoms with van der Waals surface area (Å²) in [6, 6.07) is 5.12. The molecule has 3 nitrogen and oxygen atoms in total. The Hall–Kier alpha value is -0.970. The Labute approximate surface area is 127 Å². The van der Waals surface area contributed by atoms with Gasteiger partial charge in [-0.15, -0.1) is 0 Å². The fourth-order valence-electron chi connectivity index (χ4n) is 3.15. The Balaban J connectivity index is 2.11. The first-order valence-corrected chi connectivity index (χ1v) is 7.78. The van der Waals surface area contributed by atoms with Gasteiger partial charge < -0.3 is 5.73 Å². The van der Waals surface area contributed by atoms with Crippen LogP contribution in [0.1, 0.15) is 37.9 Å². The maximum absolute atomic E-state index is 13.6. The Kier molecular flexibility index (Phi) is 5.02. The molecule has 1 aliphatic rings. The predicted octanol–water partition coefficient (Wildman–Crippen LogP) is 2.55. The van der Waals surface area contributed by atoms with Crippen LogP contribution < -0.4 is 5.73 Å². The van der Waals surface area contributed by atoms with Crippen LogP contribution in [0.2, 0.25) is 0 Å². The number of benzene rings is 1. The SMILES string of the molecule is Cc1ccc(F)cc1C(CN)N1CCN(C(C)(C)C)CC1. The Morgan fingerprint density at radius 2 is 1.81 bits per heavy atom. The summed E-state index contributed by atoms with van der Waals surface area (Å²) in [6.07, 6.45) is 0. The van der Waals surface area contributed by atoms with Crippen LogP contribution in [0.4, 0.5) is 4.39 Å². The van der Waals surface area contributed by atoms with E-state index in [9.17, 15) is 4.39 Å². The van der Waals surface area contributed by atoms with Gasteiger partial charge >= 0.3 is 0 Å². The summed E-state index contributed by atoms with van der Waals surface area (Å²) in [7, 11) is 0. The van der Waals surface area contributed by atoms with Crippen LogP contribution in [-0.4, -0.2) is 48.1 Å². The van der Waals surface area contributed by atoms with E-state index in [1.807, 2.05) is 13.0 Å². The summed E-state index contributed by atoms with van der Waals surface area (Å²) in [5.74, 6) is -0.178. The molecule has 1 aromatic rings. The molecule has 118 valence electrons. The molecule has 0 radical (unpaired) electrons. The molecule has 2 rings (SSSR count). The van der Waals surface area contributed by atoms with Gasteiger partial charge in [-0.3, -0.25) is 9.80 Å². The second kappa shape index (κ2) is 6.42. The van der Waals surface area contributed by atoms with Gasteiger partial charge in [0.05, 0.1) is 0 Å². The Morgan fingerprint density at radius 1 is 1.19 bits per heavy atom. The van der Waals surface area contributed by atoms with E-state index < -0.39 is 0 Å². The average Bonchev–Trinajstić information content (AvgIpc) is 2.43. The number of nitrogens with zero attached hydrogens (tertiary/aromatic N) is 2. The number of nitrogens with two attached hydrogens (primary N) is 1. The zero-order chi connectivity index (χ0) is 15.6. The maximum atomic E-state index is 13.6. The molecule has 1 heterocycles. The first-order chi connectivity index (χ1) is 9.82. The predicted molar refractivity (Wildman–Crippen MR) is 85.8 cm³/mol. The van der Waals surface area contributed by atoms with E-state index in [-0.39, 0.29) is 17.4 Å². The fraction of sp³-hybridized carbons (Fsp3) is 0.647. The fourth-order valence-corrected chi connectivity index (χ4v) is 3.15. The Morgan fingerprint density at radius 3 is 2.33 bits per heavy atom. The van der Waals surface area contributed by atoms with Crippen molar-refractivity contribution in [2.24, 2.45) is 5.73 Å². The lowest BCUT2D eigenvalue weighted by atomic mass is 9.98. The molecule has 1 aromatic carbocycles. The van der Waals surface area contributed by atoms with Crippen molar-refractivity contribution in [2.75, 3.05) is 32.7 Å². The minimum atomic E-state index is -0.178. The molecule has 21 heavy (non-hydrogen) atoms. The minimum Gasteiger partial charge on any atom is -0.329 e. The van der Waals surface area contributed by atoms with Gasteiger partial charge in [-0.05, 0) is 51.0 Å². The normalized spacial score (nSPS) is 19.7. The molecule has 1 unspecified atom stereocenters. The molecule has 4 heteroatoms. The van der Waals surface area contributed by atoms with Crippen LogP contribution in [0, 0.1) is 12.7 Å². The van der Waals surface area contributed by atoms with E-state index in [2.05, 4.69) is 30.6 Å². The number of halogens is 1. The second-order valence-corrected chi connectivity index (χ2v) is 6.95. The maximum Gasteiger partial charge on any atom is 0.123 e. The Bertz CT molecular complexity index is 473. The van der Waals surface area contributed by atoms with Gasteiger partial charge in [0, 0.05) is 44.3 Å². The van der Waals surface area contributed by atoms with Crippen molar-refractivity contribution < 1.29 is 4.39 Å². The lowest BCUT2D eigenvalue weighted by molar-refractivity contribution is 0.0432. The summed E-state index contributed by atoms with van der Waals surface area (Å²) >= 11 is 0. The highest BCUT2D eigenvalue weighted by Crippen LogP contribution is 2.26. The van der Waals surface area contributed by atoms with Gasteiger partial charge in [0.2, 0.25) is 0 Å². The van der Waals surface area contributed by atoms with Crippen LogP contribution in [-0.2, 0) is 0 Å². The molecule has 0 aromatic heterocycles. The summed E-state index contributed by atoms with van der Waals surface area (Å²) in [6.45, 7) is 13.3. The van der Waals surface area contributed by atoms with Crippen molar-refractivity contribution in [3.05, 3.63) is 35.1 Å². The number of aryl methyl sites for hydroxylation is 1. The highest BCUT2D eigenvalue weighted by atomic mass is 19.1. The van der Waals surface area contributed by atoms with E-state index in [0.29, 0.717) is 6.54 Å². The molecule has 1 fully saturated rings. The highest BCUT2D eigenvalue weighted by molar-refractivity contribution is 5.30. The van der Waals surface area contributed by atoms with Crippen molar-refractivity contribution >= 4 is 0 Å². The molecule has 0 spiro atoms. The van der Waals surface area contributed by atoms with Crippen LogP contribution in [0.15, 0.2) is 18.2 Å². The molecule has 0 saturated carbocycles. The van der Waals surface area contributed by atoms with Gasteiger partial charge in [0.25, 0.3) is 0 Å². The topological polar surface area (TPSA) is 32.5 Å². The second-order valence-electron chi connectivity index (χ2n) is 6.95. The van der Waals surface area contributed by atoms with Crippen LogP contribution >= 0.6 is 0 Å². The summed E-state index contributed by atoms with van der Waals surface area (Å²) < 4.78 is 13.6. The van der Waals surface area contributed by atoms with Crippen LogP contribution in [0.5, 0.6) is 0 Å². The molecular weight excluding hydrogens is 265 g/mol. The zero-order valence-corrected chi connectivity index (χ0v) is 13.7. The van der Waals surface area contributed by atoms with Gasteiger partial charge in [0.15, 0.2) is 0 Å². The summed E-state index contributed by atoms with van der Waals surface area (Å²) in [4.78, 5) is 4.89. The van der Waals surface area contributed by atoms with Crippen molar-refractivity contribution in [1.82, 2.24) is 9.80 Å². The van der Waals surface area contributed by atoms with Gasteiger partial charge in [0.1, 0.15) is 5.82 Å². The number of hydrogen-bond donors (Lipinski definition) is 1. The third-order valence-electron chi connectivity index (χ3n) is 4.53. The molecule has 1 saturated heterocycles. The molecule has 0 aliphatic carbocycles. The lowest BCUT2D eigenvalue weighted by Crippen LogP contribution is -2.54. The van der Waals surface area contributed by atoms with Crippen LogP contribution in [0.3, 0.4) is 0 Å². The van der Waals surface area contributed by atoms with E-state index in [4.69, 9.17) is 5.73 Å². The molecule has 1 atom stereocenters. The number of rotatable bonds is 3. The summed E-state index contributed by atoms with van der Waals surface area (Å²) in [5.41, 5.74) is 8.35. The average molecular weight is 293 g/mol. The number of piperazine rings is 1. The van der Waals surface area contributed by atoms with Gasteiger partial charge in [-0.25, -0.2) is 4.39 Å². The quantitative estimate of drug-likeness (QED) is 0.929. The standard InChI is InChI=1S/C17H28FN3/c1-13-5-6-14(18)11-15(13)16(12-19)20-7-9-21(10-8-20)17(2,3)4/h5-6,11,16H,7-10,12,19H2,1-4H3. The van der Waals surface area contributed by atoms with E-state index in [1.165, 1.54) is 6.07 Å². The van der Waals surface area contributed by atoms with E-state index in [0.717, 1.165) is 37.3 Å². The minimum absolute atomic E-state index is 0.114. The first kappa shape index (κ1) is 16.4. The molecule has 0 amide bonds. The summed E-state index contributed by atoms with van der Waals surface area (Å²) in [5, 5.41) is 0. The van der Waals surface area contributed by atoms with Crippen molar-refractivity contribution in [3.63, 3.8) is 0 Å². The zero-order valence-electron chi connectivity index (χ0n) is 13.7. The van der Waals surface area contributed by atoms with Crippen LogP contribution in [0.25, 0.3) is 0 Å². The molecule has 1 aliphatic heterocycles. The molecule has 0 bridgehead atoms. The van der Waals surface area contributed by atoms with Crippen molar-refractivity contribution in [2.45, 2.75) is 39.3 Å².